The van der Waals surface area contributed by atoms with Gasteiger partial charge in [-0.25, -0.2) is 23.5 Å². The summed E-state index contributed by atoms with van der Waals surface area (Å²) in [5.74, 6) is -1.05. The van der Waals surface area contributed by atoms with Crippen molar-refractivity contribution in [3.05, 3.63) is 113 Å². The Morgan fingerprint density at radius 2 is 1.76 bits per heavy atom. The molecule has 2 heterocycles. The van der Waals surface area contributed by atoms with E-state index in [-0.39, 0.29) is 30.3 Å². The number of nitrogens with zero attached hydrogens (tertiary/aromatic N) is 3. The number of carboxylic acids is 1. The third kappa shape index (κ3) is 5.59. The Balaban J connectivity index is 1.25. The number of hydrogen-bond acceptors (Lipinski definition) is 4. The lowest BCUT2D eigenvalue weighted by Gasteiger charge is -2.16. The number of aromatic nitrogens is 3. The van der Waals surface area contributed by atoms with Gasteiger partial charge in [0.25, 0.3) is 0 Å². The summed E-state index contributed by atoms with van der Waals surface area (Å²) in [5.41, 5.74) is 3.46. The minimum absolute atomic E-state index is 0.00845. The topological polar surface area (TPSA) is 77.2 Å². The zero-order chi connectivity index (χ0) is 29.4. The number of aromatic carboxylic acids is 1. The van der Waals surface area contributed by atoms with Crippen LogP contribution in [0, 0.1) is 24.0 Å². The van der Waals surface area contributed by atoms with Crippen LogP contribution in [-0.4, -0.2) is 32.3 Å². The fraction of sp³-hybridized carbons (Fsp3) is 0.242. The summed E-state index contributed by atoms with van der Waals surface area (Å²) in [4.78, 5) is 20.6. The first-order chi connectivity index (χ1) is 20.2. The number of halogens is 3. The number of aryl methyl sites for hydroxylation is 1. The van der Waals surface area contributed by atoms with E-state index in [4.69, 9.17) is 4.74 Å². The number of ether oxygens (including phenoxy) is 1. The molecular formula is C33H28F3N3O3. The van der Waals surface area contributed by atoms with Crippen LogP contribution in [0.2, 0.25) is 0 Å². The van der Waals surface area contributed by atoms with Gasteiger partial charge in [0.05, 0.1) is 29.0 Å². The molecule has 42 heavy (non-hydrogen) atoms. The maximum absolute atomic E-state index is 15.5. The van der Waals surface area contributed by atoms with Crippen molar-refractivity contribution >= 4 is 17.0 Å². The van der Waals surface area contributed by atoms with Crippen LogP contribution < -0.4 is 4.74 Å². The Kier molecular flexibility index (Phi) is 7.18. The molecule has 0 bridgehead atoms. The molecule has 6 nitrogen and oxygen atoms in total. The number of fused-ring (bicyclic) bond motifs is 1. The van der Waals surface area contributed by atoms with Gasteiger partial charge in [-0.05, 0) is 67.3 Å². The predicted molar refractivity (Wildman–Crippen MR) is 152 cm³/mol. The Labute approximate surface area is 240 Å². The number of rotatable bonds is 10. The van der Waals surface area contributed by atoms with Gasteiger partial charge in [0.15, 0.2) is 0 Å². The Bertz CT molecular complexity index is 1810. The number of carbonyl (C=O) groups is 1. The highest BCUT2D eigenvalue weighted by atomic mass is 19.1. The SMILES string of the molecule is Cc1ccc(COc2cccc(-c3ccc(Cc4nc5cc(C(=O)O)ccc5n4CC4(CF)CC4)c(F)c3)n2)c(F)c1. The third-order valence-corrected chi connectivity index (χ3v) is 7.81. The van der Waals surface area contributed by atoms with E-state index in [0.717, 1.165) is 18.4 Å². The van der Waals surface area contributed by atoms with E-state index in [1.54, 1.807) is 42.5 Å². The minimum atomic E-state index is -1.07. The number of hydrogen-bond donors (Lipinski definition) is 1. The molecule has 3 aromatic carbocycles. The molecule has 214 valence electrons. The monoisotopic (exact) mass is 571 g/mol. The molecule has 0 spiro atoms. The normalized spacial score (nSPS) is 13.8. The van der Waals surface area contributed by atoms with Crippen LogP contribution in [0.25, 0.3) is 22.3 Å². The summed E-state index contributed by atoms with van der Waals surface area (Å²) in [5, 5.41) is 9.40. The van der Waals surface area contributed by atoms with E-state index < -0.39 is 23.9 Å². The van der Waals surface area contributed by atoms with E-state index in [1.807, 2.05) is 17.6 Å². The highest BCUT2D eigenvalue weighted by Crippen LogP contribution is 2.48. The molecule has 1 saturated carbocycles. The van der Waals surface area contributed by atoms with Gasteiger partial charge in [-0.3, -0.25) is 4.39 Å². The molecule has 2 aromatic heterocycles. The Hall–Kier alpha value is -4.66. The van der Waals surface area contributed by atoms with Crippen molar-refractivity contribution in [3.8, 4) is 17.1 Å². The van der Waals surface area contributed by atoms with Crippen molar-refractivity contribution in [1.29, 1.82) is 0 Å². The zero-order valence-corrected chi connectivity index (χ0v) is 22.9. The lowest BCUT2D eigenvalue weighted by molar-refractivity contribution is 0.0697. The van der Waals surface area contributed by atoms with Crippen molar-refractivity contribution in [3.63, 3.8) is 0 Å². The van der Waals surface area contributed by atoms with Gasteiger partial charge in [0.2, 0.25) is 5.88 Å². The van der Waals surface area contributed by atoms with E-state index in [1.165, 1.54) is 24.3 Å². The Morgan fingerprint density at radius 1 is 0.976 bits per heavy atom. The molecule has 0 saturated heterocycles. The van der Waals surface area contributed by atoms with Crippen LogP contribution in [0.4, 0.5) is 13.2 Å². The molecule has 1 N–H and O–H groups in total. The second kappa shape index (κ2) is 11.0. The fourth-order valence-electron chi connectivity index (χ4n) is 5.07. The molecule has 0 amide bonds. The first kappa shape index (κ1) is 27.5. The molecule has 6 rings (SSSR count). The van der Waals surface area contributed by atoms with Crippen LogP contribution in [0.3, 0.4) is 0 Å². The number of pyridine rings is 1. The molecule has 1 fully saturated rings. The largest absolute Gasteiger partial charge is 0.478 e. The average Bonchev–Trinajstić information content (AvgIpc) is 3.68. The Morgan fingerprint density at radius 3 is 2.48 bits per heavy atom. The number of alkyl halides is 1. The molecule has 0 atom stereocenters. The van der Waals surface area contributed by atoms with Crippen molar-refractivity contribution in [2.75, 3.05) is 6.67 Å². The number of carboxylic acid groups (broad SMARTS) is 1. The molecule has 5 aromatic rings. The molecule has 9 heteroatoms. The van der Waals surface area contributed by atoms with Crippen LogP contribution in [0.15, 0.2) is 72.8 Å². The summed E-state index contributed by atoms with van der Waals surface area (Å²) >= 11 is 0. The molecule has 0 aliphatic heterocycles. The number of benzene rings is 3. The summed E-state index contributed by atoms with van der Waals surface area (Å²) in [6.07, 6.45) is 1.66. The average molecular weight is 572 g/mol. The molecular weight excluding hydrogens is 543 g/mol. The van der Waals surface area contributed by atoms with Crippen molar-refractivity contribution < 1.29 is 27.8 Å². The van der Waals surface area contributed by atoms with Crippen molar-refractivity contribution in [2.45, 2.75) is 39.3 Å². The van der Waals surface area contributed by atoms with Gasteiger partial charge in [-0.2, -0.15) is 0 Å². The highest BCUT2D eigenvalue weighted by Gasteiger charge is 2.43. The standard InChI is InChI=1S/C33H28F3N3O3/c1-20-5-6-24(25(35)13-20)17-42-31-4-2-3-27(38-31)22-8-7-21(26(36)14-22)16-30-37-28-15-23(32(40)41)9-10-29(28)39(30)19-33(18-34)11-12-33/h2-10,13-15H,11-12,16-19H2,1H3,(H,40,41). The van der Waals surface area contributed by atoms with Crippen molar-refractivity contribution in [1.82, 2.24) is 14.5 Å². The summed E-state index contributed by atoms with van der Waals surface area (Å²) in [6, 6.07) is 19.5. The molecule has 1 aliphatic carbocycles. The first-order valence-electron chi connectivity index (χ1n) is 13.7. The van der Waals surface area contributed by atoms with Crippen LogP contribution in [-0.2, 0) is 19.6 Å². The molecule has 0 radical (unpaired) electrons. The quantitative estimate of drug-likeness (QED) is 0.190. The lowest BCUT2D eigenvalue weighted by atomic mass is 10.0. The van der Waals surface area contributed by atoms with Gasteiger partial charge in [0, 0.05) is 35.6 Å². The van der Waals surface area contributed by atoms with E-state index in [2.05, 4.69) is 9.97 Å². The maximum Gasteiger partial charge on any atom is 0.335 e. The van der Waals surface area contributed by atoms with Crippen LogP contribution in [0.1, 0.15) is 45.7 Å². The van der Waals surface area contributed by atoms with Crippen LogP contribution >= 0.6 is 0 Å². The van der Waals surface area contributed by atoms with Gasteiger partial charge in [0.1, 0.15) is 24.1 Å². The summed E-state index contributed by atoms with van der Waals surface area (Å²) < 4.78 is 51.1. The van der Waals surface area contributed by atoms with Crippen LogP contribution in [0.5, 0.6) is 5.88 Å². The predicted octanol–water partition coefficient (Wildman–Crippen LogP) is 7.30. The zero-order valence-electron chi connectivity index (χ0n) is 22.9. The first-order valence-corrected chi connectivity index (χ1v) is 13.7. The molecule has 0 unspecified atom stereocenters. The summed E-state index contributed by atoms with van der Waals surface area (Å²) in [7, 11) is 0. The van der Waals surface area contributed by atoms with Gasteiger partial charge in [-0.1, -0.05) is 30.3 Å². The second-order valence-electron chi connectivity index (χ2n) is 11.0. The van der Waals surface area contributed by atoms with Gasteiger partial charge >= 0.3 is 5.97 Å². The van der Waals surface area contributed by atoms with E-state index >= 15 is 4.39 Å². The van der Waals surface area contributed by atoms with Gasteiger partial charge in [-0.15, -0.1) is 0 Å². The highest BCUT2D eigenvalue weighted by molar-refractivity contribution is 5.92. The smallest absolute Gasteiger partial charge is 0.335 e. The van der Waals surface area contributed by atoms with E-state index in [9.17, 15) is 18.7 Å². The number of imidazole rings is 1. The molecule has 1 aliphatic rings. The summed E-state index contributed by atoms with van der Waals surface area (Å²) in [6.45, 7) is 1.75. The minimum Gasteiger partial charge on any atom is -0.478 e. The maximum atomic E-state index is 15.5. The fourth-order valence-corrected chi connectivity index (χ4v) is 5.07. The van der Waals surface area contributed by atoms with Gasteiger partial charge < -0.3 is 14.4 Å². The lowest BCUT2D eigenvalue weighted by Crippen LogP contribution is -2.16. The third-order valence-electron chi connectivity index (χ3n) is 7.81. The second-order valence-corrected chi connectivity index (χ2v) is 11.0. The van der Waals surface area contributed by atoms with Crippen molar-refractivity contribution in [2.24, 2.45) is 5.41 Å². The van der Waals surface area contributed by atoms with E-state index in [0.29, 0.717) is 45.8 Å².